The normalized spacial score (nSPS) is 18.6. The number of nitrogens with two attached hydrogens (primary N) is 1. The van der Waals surface area contributed by atoms with Crippen molar-refractivity contribution in [2.45, 2.75) is 45.3 Å². The van der Waals surface area contributed by atoms with E-state index in [2.05, 4.69) is 15.0 Å². The maximum atomic E-state index is 12.5. The van der Waals surface area contributed by atoms with Crippen molar-refractivity contribution in [1.82, 2.24) is 9.97 Å². The summed E-state index contributed by atoms with van der Waals surface area (Å²) in [6.45, 7) is 1.46. The number of halogens is 3. The van der Waals surface area contributed by atoms with Crippen LogP contribution in [-0.2, 0) is 12.0 Å². The van der Waals surface area contributed by atoms with Gasteiger partial charge in [0.15, 0.2) is 11.0 Å². The molecule has 0 unspecified atom stereocenters. The van der Waals surface area contributed by atoms with Crippen molar-refractivity contribution in [1.29, 1.82) is 0 Å². The maximum absolute atomic E-state index is 12.5. The number of hydrogen-bond donors (Lipinski definition) is 1. The van der Waals surface area contributed by atoms with Gasteiger partial charge >= 0.3 is 6.18 Å². The van der Waals surface area contributed by atoms with E-state index in [0.29, 0.717) is 5.17 Å². The predicted octanol–water partition coefficient (Wildman–Crippen LogP) is 4.54. The Morgan fingerprint density at radius 1 is 1.29 bits per heavy atom. The van der Waals surface area contributed by atoms with E-state index in [0.717, 1.165) is 29.5 Å². The summed E-state index contributed by atoms with van der Waals surface area (Å²) in [5.41, 5.74) is 7.36. The summed E-state index contributed by atoms with van der Waals surface area (Å²) < 4.78 is 41.4. The molecule has 3 rings (SSSR count). The minimum absolute atomic E-state index is 0. The van der Waals surface area contributed by atoms with Crippen molar-refractivity contribution >= 4 is 22.7 Å². The van der Waals surface area contributed by atoms with E-state index < -0.39 is 24.7 Å². The molecule has 0 saturated heterocycles. The van der Waals surface area contributed by atoms with Crippen LogP contribution in [0.4, 0.5) is 13.2 Å². The van der Waals surface area contributed by atoms with Gasteiger partial charge in [-0.2, -0.15) is 13.2 Å². The van der Waals surface area contributed by atoms with Crippen LogP contribution in [-0.4, -0.2) is 39.5 Å². The zero-order valence-corrected chi connectivity index (χ0v) is 17.1. The lowest BCUT2D eigenvalue weighted by molar-refractivity contribution is -0.139. The van der Waals surface area contributed by atoms with E-state index in [9.17, 15) is 18.0 Å². The highest BCUT2D eigenvalue weighted by Crippen LogP contribution is 2.35. The molecule has 0 bridgehead atoms. The summed E-state index contributed by atoms with van der Waals surface area (Å²) >= 11 is 1.53. The number of thioether (sulfide) groups is 1. The fraction of sp³-hybridized carbons (Fsp3) is 0.429. The van der Waals surface area contributed by atoms with Crippen LogP contribution in [0.25, 0.3) is 0 Å². The third-order valence-corrected chi connectivity index (χ3v) is 5.45. The molecule has 0 amide bonds. The number of hydrogen-bond acceptors (Lipinski definition) is 7. The van der Waals surface area contributed by atoms with Gasteiger partial charge in [0.2, 0.25) is 5.88 Å². The summed E-state index contributed by atoms with van der Waals surface area (Å²) in [7, 11) is 0. The molecule has 1 aromatic heterocycles. The van der Waals surface area contributed by atoms with Crippen molar-refractivity contribution in [3.63, 3.8) is 0 Å². The molecule has 168 valence electrons. The average Bonchev–Trinajstić information content (AvgIpc) is 2.67. The zero-order chi connectivity index (χ0) is 21.8. The van der Waals surface area contributed by atoms with E-state index in [-0.39, 0.29) is 31.2 Å². The SMILES string of the molecule is C.C[C@@]1(c2cccc(CC(=O)c3cnc(OCCC(F)(F)F)cn3)c2)CCSC(N)=N1. The Morgan fingerprint density at radius 3 is 2.71 bits per heavy atom. The third kappa shape index (κ3) is 6.95. The molecule has 0 saturated carbocycles. The molecular formula is C21H25F3N4O2S. The summed E-state index contributed by atoms with van der Waals surface area (Å²) in [5, 5.41) is 0.554. The lowest BCUT2D eigenvalue weighted by atomic mass is 9.88. The van der Waals surface area contributed by atoms with E-state index in [1.807, 2.05) is 31.2 Å². The van der Waals surface area contributed by atoms with Crippen LogP contribution in [0.15, 0.2) is 41.7 Å². The molecule has 1 aliphatic rings. The van der Waals surface area contributed by atoms with Gasteiger partial charge in [0.25, 0.3) is 0 Å². The van der Waals surface area contributed by atoms with Crippen LogP contribution >= 0.6 is 11.8 Å². The molecule has 2 aromatic rings. The smallest absolute Gasteiger partial charge is 0.392 e. The van der Waals surface area contributed by atoms with Crippen molar-refractivity contribution < 1.29 is 22.7 Å². The van der Waals surface area contributed by atoms with Gasteiger partial charge in [-0.05, 0) is 24.5 Å². The van der Waals surface area contributed by atoms with Crippen LogP contribution in [0.3, 0.4) is 0 Å². The highest BCUT2D eigenvalue weighted by Gasteiger charge is 2.29. The van der Waals surface area contributed by atoms with Gasteiger partial charge in [-0.15, -0.1) is 0 Å². The Kier molecular flexibility index (Phi) is 8.05. The first kappa shape index (κ1) is 24.6. The van der Waals surface area contributed by atoms with Crippen LogP contribution in [0.1, 0.15) is 48.8 Å². The minimum atomic E-state index is -4.30. The summed E-state index contributed by atoms with van der Waals surface area (Å²) in [4.78, 5) is 25.0. The molecule has 2 N–H and O–H groups in total. The second-order valence-electron chi connectivity index (χ2n) is 7.08. The van der Waals surface area contributed by atoms with E-state index >= 15 is 0 Å². The van der Waals surface area contributed by atoms with Crippen molar-refractivity contribution in [2.24, 2.45) is 10.7 Å². The van der Waals surface area contributed by atoms with E-state index in [4.69, 9.17) is 10.5 Å². The Morgan fingerprint density at radius 2 is 2.06 bits per heavy atom. The average molecular weight is 455 g/mol. The molecule has 0 spiro atoms. The second kappa shape index (κ2) is 10.1. The van der Waals surface area contributed by atoms with Gasteiger partial charge < -0.3 is 10.5 Å². The number of aromatic nitrogens is 2. The van der Waals surface area contributed by atoms with Crippen LogP contribution < -0.4 is 10.5 Å². The fourth-order valence-electron chi connectivity index (χ4n) is 2.99. The second-order valence-corrected chi connectivity index (χ2v) is 8.19. The number of rotatable bonds is 7. The fourth-order valence-corrected chi connectivity index (χ4v) is 3.97. The van der Waals surface area contributed by atoms with Gasteiger partial charge in [0.05, 0.1) is 31.0 Å². The minimum Gasteiger partial charge on any atom is -0.476 e. The number of ether oxygens (including phenoxy) is 1. The first-order valence-electron chi connectivity index (χ1n) is 9.27. The summed E-state index contributed by atoms with van der Waals surface area (Å²) in [6, 6.07) is 7.62. The monoisotopic (exact) mass is 454 g/mol. The molecule has 1 aliphatic heterocycles. The largest absolute Gasteiger partial charge is 0.476 e. The van der Waals surface area contributed by atoms with E-state index in [1.165, 1.54) is 18.0 Å². The number of carbonyl (C=O) groups is 1. The van der Waals surface area contributed by atoms with Crippen molar-refractivity contribution in [3.05, 3.63) is 53.5 Å². The van der Waals surface area contributed by atoms with Gasteiger partial charge in [-0.25, -0.2) is 9.97 Å². The number of ketones is 1. The molecule has 1 atom stereocenters. The first-order valence-corrected chi connectivity index (χ1v) is 10.3. The molecule has 6 nitrogen and oxygen atoms in total. The molecule has 10 heteroatoms. The number of amidine groups is 1. The maximum Gasteiger partial charge on any atom is 0.392 e. The lowest BCUT2D eigenvalue weighted by Crippen LogP contribution is -2.28. The number of aliphatic imine (C=N–C) groups is 1. The topological polar surface area (TPSA) is 90.5 Å². The Balaban J connectivity index is 0.00000341. The van der Waals surface area contributed by atoms with Crippen molar-refractivity contribution in [2.75, 3.05) is 12.4 Å². The standard InChI is InChI=1S/C20H21F3N4O2S.CH4/c1-19(6-8-30-18(24)27-19)14-4-2-3-13(9-14)10-16(28)15-11-26-17(12-25-15)29-7-5-20(21,22)23;/h2-4,9,11-12H,5-8,10H2,1H3,(H2,24,27);1H4/t19-;/m0./s1. The predicted molar refractivity (Wildman–Crippen MR) is 115 cm³/mol. The van der Waals surface area contributed by atoms with Crippen molar-refractivity contribution in [3.8, 4) is 5.88 Å². The van der Waals surface area contributed by atoms with Gasteiger partial charge in [0.1, 0.15) is 5.69 Å². The highest BCUT2D eigenvalue weighted by molar-refractivity contribution is 8.13. The molecule has 0 radical (unpaired) electrons. The molecule has 2 heterocycles. The highest BCUT2D eigenvalue weighted by atomic mass is 32.2. The Labute approximate surface area is 183 Å². The molecule has 31 heavy (non-hydrogen) atoms. The lowest BCUT2D eigenvalue weighted by Gasteiger charge is -2.30. The van der Waals surface area contributed by atoms with Crippen LogP contribution in [0.2, 0.25) is 0 Å². The van der Waals surface area contributed by atoms with Gasteiger partial charge in [-0.1, -0.05) is 43.5 Å². The molecule has 0 fully saturated rings. The van der Waals surface area contributed by atoms with Crippen LogP contribution in [0, 0.1) is 0 Å². The van der Waals surface area contributed by atoms with Crippen LogP contribution in [0.5, 0.6) is 5.88 Å². The number of Topliss-reactive ketones (excluding diaryl/α,β-unsaturated/α-hetero) is 1. The Bertz CT molecular complexity index is 935. The number of alkyl halides is 3. The van der Waals surface area contributed by atoms with Gasteiger partial charge in [0, 0.05) is 12.2 Å². The summed E-state index contributed by atoms with van der Waals surface area (Å²) in [5.74, 6) is 0.562. The first-order chi connectivity index (χ1) is 14.1. The van der Waals surface area contributed by atoms with E-state index in [1.54, 1.807) is 0 Å². The molecule has 0 aliphatic carbocycles. The molecule has 1 aromatic carbocycles. The number of carbonyl (C=O) groups excluding carboxylic acids is 1. The zero-order valence-electron chi connectivity index (χ0n) is 16.3. The third-order valence-electron chi connectivity index (χ3n) is 4.66. The van der Waals surface area contributed by atoms with Gasteiger partial charge in [-0.3, -0.25) is 9.79 Å². The summed E-state index contributed by atoms with van der Waals surface area (Å²) in [6.07, 6.45) is -2.07. The quantitative estimate of drug-likeness (QED) is 0.618. The Hall–Kier alpha value is -2.62. The number of nitrogens with zero attached hydrogens (tertiary/aromatic N) is 3. The molecular weight excluding hydrogens is 429 g/mol. The number of benzene rings is 1.